The maximum absolute atomic E-state index is 15.4. The van der Waals surface area contributed by atoms with Crippen LogP contribution >= 0.6 is 0 Å². The standard InChI is InChI=1S/C30H30FN7O2/c1-17-21-5-3-2-4-18(21)9-11-37(17)30(40)25-13-26(19-6-7-19)38-28(34-25)14-24(35-38)22-15-33-27(12-23(22)31)36-10-8-20(16-36)29(32)39/h2-5,12-15,17,19-20H,6-11,16H2,1H3,(H2,32,39)/t17-,20+/m1/s1. The SMILES string of the molecule is C[C@@H]1c2ccccc2CCN1C(=O)c1cc(C2CC2)n2nc(-c3cnc(N4CC[C@H](C(N)=O)C4)cc3F)cc2n1. The highest BCUT2D eigenvalue weighted by molar-refractivity contribution is 5.93. The quantitative estimate of drug-likeness (QED) is 0.412. The van der Waals surface area contributed by atoms with E-state index in [1.807, 2.05) is 28.0 Å². The maximum atomic E-state index is 15.4. The van der Waals surface area contributed by atoms with Gasteiger partial charge in [0.05, 0.1) is 23.2 Å². The van der Waals surface area contributed by atoms with E-state index in [4.69, 9.17) is 15.8 Å². The monoisotopic (exact) mass is 539 g/mol. The second-order valence-corrected chi connectivity index (χ2v) is 11.1. The summed E-state index contributed by atoms with van der Waals surface area (Å²) in [6.45, 7) is 3.72. The van der Waals surface area contributed by atoms with E-state index in [2.05, 4.69) is 24.0 Å². The summed E-state index contributed by atoms with van der Waals surface area (Å²) in [7, 11) is 0. The summed E-state index contributed by atoms with van der Waals surface area (Å²) >= 11 is 0. The zero-order valence-corrected chi connectivity index (χ0v) is 22.3. The first-order valence-corrected chi connectivity index (χ1v) is 13.9. The van der Waals surface area contributed by atoms with Crippen LogP contribution in [-0.2, 0) is 11.2 Å². The van der Waals surface area contributed by atoms with Crippen molar-refractivity contribution in [1.82, 2.24) is 24.5 Å². The van der Waals surface area contributed by atoms with Gasteiger partial charge in [0, 0.05) is 49.6 Å². The largest absolute Gasteiger partial charge is 0.369 e. The van der Waals surface area contributed by atoms with Crippen molar-refractivity contribution in [2.45, 2.75) is 44.6 Å². The van der Waals surface area contributed by atoms with Gasteiger partial charge in [-0.15, -0.1) is 0 Å². The van der Waals surface area contributed by atoms with Crippen molar-refractivity contribution in [2.75, 3.05) is 24.5 Å². The molecule has 9 nitrogen and oxygen atoms in total. The Balaban J connectivity index is 1.21. The average molecular weight is 540 g/mol. The molecule has 7 rings (SSSR count). The van der Waals surface area contributed by atoms with Crippen LogP contribution in [0, 0.1) is 11.7 Å². The number of nitrogens with two attached hydrogens (primary N) is 1. The molecule has 3 aromatic heterocycles. The average Bonchev–Trinajstić information content (AvgIpc) is 3.51. The van der Waals surface area contributed by atoms with Crippen molar-refractivity contribution >= 4 is 23.3 Å². The van der Waals surface area contributed by atoms with E-state index in [0.29, 0.717) is 54.8 Å². The lowest BCUT2D eigenvalue weighted by Crippen LogP contribution is -2.39. The molecule has 1 saturated carbocycles. The molecule has 1 aromatic carbocycles. The van der Waals surface area contributed by atoms with Crippen LogP contribution in [0.2, 0.25) is 0 Å². The molecule has 1 aliphatic carbocycles. The Morgan fingerprint density at radius 1 is 1.07 bits per heavy atom. The predicted octanol–water partition coefficient (Wildman–Crippen LogP) is 3.88. The molecular weight excluding hydrogens is 509 g/mol. The Bertz CT molecular complexity index is 1660. The minimum absolute atomic E-state index is 0.0483. The Kier molecular flexibility index (Phi) is 5.80. The Morgan fingerprint density at radius 2 is 1.90 bits per heavy atom. The van der Waals surface area contributed by atoms with Gasteiger partial charge < -0.3 is 15.5 Å². The fraction of sp³-hybridized carbons (Fsp3) is 0.367. The van der Waals surface area contributed by atoms with Crippen LogP contribution in [0.1, 0.15) is 65.5 Å². The van der Waals surface area contributed by atoms with Crippen LogP contribution in [0.5, 0.6) is 0 Å². The van der Waals surface area contributed by atoms with E-state index in [0.717, 1.165) is 25.0 Å². The van der Waals surface area contributed by atoms with Crippen LogP contribution in [0.3, 0.4) is 0 Å². The van der Waals surface area contributed by atoms with Gasteiger partial charge in [0.1, 0.15) is 17.3 Å². The second-order valence-electron chi connectivity index (χ2n) is 11.1. The number of hydrogen-bond acceptors (Lipinski definition) is 6. The van der Waals surface area contributed by atoms with Crippen molar-refractivity contribution in [3.8, 4) is 11.3 Å². The minimum Gasteiger partial charge on any atom is -0.369 e. The number of carbonyl (C=O) groups is 2. The van der Waals surface area contributed by atoms with Gasteiger partial charge in [-0.1, -0.05) is 24.3 Å². The van der Waals surface area contributed by atoms with Crippen molar-refractivity contribution in [1.29, 1.82) is 0 Å². The highest BCUT2D eigenvalue weighted by Crippen LogP contribution is 2.41. The summed E-state index contributed by atoms with van der Waals surface area (Å²) in [5, 5.41) is 4.70. The number of pyridine rings is 1. The summed E-state index contributed by atoms with van der Waals surface area (Å²) in [6.07, 6.45) is 4.94. The number of benzene rings is 1. The smallest absolute Gasteiger partial charge is 0.273 e. The van der Waals surface area contributed by atoms with Crippen LogP contribution in [0.15, 0.2) is 48.7 Å². The molecule has 2 fully saturated rings. The van der Waals surface area contributed by atoms with Gasteiger partial charge in [0.15, 0.2) is 5.65 Å². The number of primary amides is 1. The van der Waals surface area contributed by atoms with Gasteiger partial charge in [-0.05, 0) is 49.8 Å². The zero-order valence-electron chi connectivity index (χ0n) is 22.3. The molecule has 40 heavy (non-hydrogen) atoms. The molecule has 1 saturated heterocycles. The molecule has 2 aliphatic heterocycles. The van der Waals surface area contributed by atoms with Crippen molar-refractivity contribution < 1.29 is 14.0 Å². The van der Waals surface area contributed by atoms with Gasteiger partial charge in [-0.3, -0.25) is 9.59 Å². The van der Waals surface area contributed by atoms with E-state index in [-0.39, 0.29) is 29.3 Å². The van der Waals surface area contributed by atoms with E-state index in [1.165, 1.54) is 23.4 Å². The molecule has 0 unspecified atom stereocenters. The third-order valence-electron chi connectivity index (χ3n) is 8.55. The van der Waals surface area contributed by atoms with E-state index in [1.54, 1.807) is 10.6 Å². The molecule has 2 N–H and O–H groups in total. The third-order valence-corrected chi connectivity index (χ3v) is 8.55. The molecule has 204 valence electrons. The summed E-state index contributed by atoms with van der Waals surface area (Å²) < 4.78 is 17.1. The molecular formula is C30H30FN7O2. The molecule has 2 amide bonds. The lowest BCUT2D eigenvalue weighted by molar-refractivity contribution is -0.121. The Hall–Kier alpha value is -4.34. The number of nitrogens with zero attached hydrogens (tertiary/aromatic N) is 6. The third kappa shape index (κ3) is 4.18. The first kappa shape index (κ1) is 24.7. The summed E-state index contributed by atoms with van der Waals surface area (Å²) in [6, 6.07) is 13.2. The fourth-order valence-corrected chi connectivity index (χ4v) is 6.09. The maximum Gasteiger partial charge on any atom is 0.273 e. The highest BCUT2D eigenvalue weighted by atomic mass is 19.1. The number of carbonyl (C=O) groups excluding carboxylic acids is 2. The molecule has 2 atom stereocenters. The number of aromatic nitrogens is 4. The molecule has 0 spiro atoms. The van der Waals surface area contributed by atoms with Crippen LogP contribution in [0.25, 0.3) is 16.9 Å². The number of anilines is 1. The number of amides is 2. The van der Waals surface area contributed by atoms with E-state index >= 15 is 4.39 Å². The van der Waals surface area contributed by atoms with Gasteiger partial charge in [0.2, 0.25) is 5.91 Å². The first-order chi connectivity index (χ1) is 19.4. The molecule has 10 heteroatoms. The fourth-order valence-electron chi connectivity index (χ4n) is 6.09. The normalized spacial score (nSPS) is 20.6. The van der Waals surface area contributed by atoms with Gasteiger partial charge in [0.25, 0.3) is 5.91 Å². The Morgan fingerprint density at radius 3 is 2.65 bits per heavy atom. The first-order valence-electron chi connectivity index (χ1n) is 13.9. The van der Waals surface area contributed by atoms with E-state index in [9.17, 15) is 9.59 Å². The topological polar surface area (TPSA) is 110 Å². The highest BCUT2D eigenvalue weighted by Gasteiger charge is 2.33. The second kappa shape index (κ2) is 9.39. The number of rotatable bonds is 5. The lowest BCUT2D eigenvalue weighted by Gasteiger charge is -2.35. The lowest BCUT2D eigenvalue weighted by atomic mass is 9.93. The van der Waals surface area contributed by atoms with Gasteiger partial charge in [-0.25, -0.2) is 18.9 Å². The van der Waals surface area contributed by atoms with Gasteiger partial charge in [-0.2, -0.15) is 5.10 Å². The van der Waals surface area contributed by atoms with E-state index < -0.39 is 5.82 Å². The van der Waals surface area contributed by atoms with Crippen LogP contribution < -0.4 is 10.6 Å². The minimum atomic E-state index is -0.457. The molecule has 3 aliphatic rings. The van der Waals surface area contributed by atoms with Gasteiger partial charge >= 0.3 is 0 Å². The number of halogens is 1. The number of fused-ring (bicyclic) bond motifs is 2. The summed E-state index contributed by atoms with van der Waals surface area (Å²) in [5.41, 5.74) is 10.4. The molecule has 5 heterocycles. The van der Waals surface area contributed by atoms with Crippen LogP contribution in [-0.4, -0.2) is 55.9 Å². The summed E-state index contributed by atoms with van der Waals surface area (Å²) in [4.78, 5) is 38.2. The predicted molar refractivity (Wildman–Crippen MR) is 147 cm³/mol. The summed E-state index contributed by atoms with van der Waals surface area (Å²) in [5.74, 6) is -0.402. The molecule has 4 aromatic rings. The van der Waals surface area contributed by atoms with Crippen molar-refractivity contribution in [2.24, 2.45) is 11.7 Å². The molecule has 0 bridgehead atoms. The zero-order chi connectivity index (χ0) is 27.5. The Labute approximate surface area is 230 Å². The number of hydrogen-bond donors (Lipinski definition) is 1. The van der Waals surface area contributed by atoms with Crippen molar-refractivity contribution in [3.05, 3.63) is 77.0 Å². The van der Waals surface area contributed by atoms with Crippen LogP contribution in [0.4, 0.5) is 10.2 Å². The molecule has 0 radical (unpaired) electrons. The van der Waals surface area contributed by atoms with Crippen molar-refractivity contribution in [3.63, 3.8) is 0 Å².